The molecule has 4 heterocycles. The highest BCUT2D eigenvalue weighted by molar-refractivity contribution is 9.10. The molecule has 192 valence electrons. The molecule has 5 rings (SSSR count). The molecule has 9 nitrogen and oxygen atoms in total. The van der Waals surface area contributed by atoms with Crippen LogP contribution >= 0.6 is 15.9 Å². The first kappa shape index (κ1) is 25.0. The number of carbonyl (C=O) groups is 2. The summed E-state index contributed by atoms with van der Waals surface area (Å²) in [6.45, 7) is 9.87. The monoisotopic (exact) mass is 565 g/mol. The molecule has 0 spiro atoms. The van der Waals surface area contributed by atoms with Crippen LogP contribution in [0.4, 0.5) is 4.79 Å². The molecule has 1 aliphatic rings. The van der Waals surface area contributed by atoms with E-state index in [2.05, 4.69) is 20.9 Å². The fourth-order valence-corrected chi connectivity index (χ4v) is 5.03. The van der Waals surface area contributed by atoms with Crippen molar-refractivity contribution in [1.82, 2.24) is 23.6 Å². The first-order chi connectivity index (χ1) is 17.4. The summed E-state index contributed by atoms with van der Waals surface area (Å²) in [6.07, 6.45) is 4.63. The van der Waals surface area contributed by atoms with Gasteiger partial charge in [0.2, 0.25) is 0 Å². The van der Waals surface area contributed by atoms with Crippen molar-refractivity contribution in [3.05, 3.63) is 80.8 Å². The third kappa shape index (κ3) is 4.61. The van der Waals surface area contributed by atoms with E-state index in [1.165, 1.54) is 9.13 Å². The molecule has 1 atom stereocenters. The number of imidazole rings is 1. The molecule has 4 aromatic rings. The van der Waals surface area contributed by atoms with Crippen molar-refractivity contribution >= 4 is 38.8 Å². The first-order valence-electron chi connectivity index (χ1n) is 12.0. The molecule has 1 aromatic carbocycles. The Labute approximate surface area is 222 Å². The summed E-state index contributed by atoms with van der Waals surface area (Å²) in [5, 5.41) is 0.842. The summed E-state index contributed by atoms with van der Waals surface area (Å²) in [5.74, 6) is -0.239. The van der Waals surface area contributed by atoms with Crippen LogP contribution in [0.5, 0.6) is 0 Å². The Bertz CT molecular complexity index is 1610. The van der Waals surface area contributed by atoms with Crippen molar-refractivity contribution in [3.8, 4) is 5.69 Å². The van der Waals surface area contributed by atoms with E-state index >= 15 is 0 Å². The summed E-state index contributed by atoms with van der Waals surface area (Å²) in [4.78, 5) is 45.8. The van der Waals surface area contributed by atoms with Crippen LogP contribution < -0.4 is 5.56 Å². The van der Waals surface area contributed by atoms with E-state index in [1.54, 1.807) is 40.3 Å². The van der Waals surface area contributed by atoms with Gasteiger partial charge in [-0.15, -0.1) is 0 Å². The number of aryl methyl sites for hydroxylation is 1. The normalized spacial score (nSPS) is 15.8. The predicted octanol–water partition coefficient (Wildman–Crippen LogP) is 4.89. The van der Waals surface area contributed by atoms with E-state index in [-0.39, 0.29) is 24.1 Å². The van der Waals surface area contributed by atoms with Gasteiger partial charge >= 0.3 is 6.09 Å². The zero-order chi connectivity index (χ0) is 26.6. The number of hydrogen-bond donors (Lipinski definition) is 0. The number of aromatic nitrogens is 4. The molecule has 0 saturated heterocycles. The number of nitrogens with zero attached hydrogens (tertiary/aromatic N) is 5. The number of ether oxygens (including phenoxy) is 1. The molecular weight excluding hydrogens is 538 g/mol. The average Bonchev–Trinajstić information content (AvgIpc) is 3.39. The number of pyridine rings is 1. The summed E-state index contributed by atoms with van der Waals surface area (Å²) >= 11 is 3.52. The zero-order valence-electron chi connectivity index (χ0n) is 21.4. The molecular formula is C27H28BrN5O4. The third-order valence-corrected chi connectivity index (χ3v) is 6.88. The maximum Gasteiger partial charge on any atom is 0.419 e. The molecule has 1 amide bonds. The number of rotatable bonds is 3. The molecule has 1 aliphatic heterocycles. The zero-order valence-corrected chi connectivity index (χ0v) is 22.9. The molecule has 0 aliphatic carbocycles. The molecule has 10 heteroatoms. The quantitative estimate of drug-likeness (QED) is 0.353. The highest BCUT2D eigenvalue weighted by Gasteiger charge is 2.32. The van der Waals surface area contributed by atoms with Crippen LogP contribution in [-0.2, 0) is 17.8 Å². The standard InChI is InChI=1S/C27H28BrN5O4/c1-16-11-30(15-29-16)22-8-9-23-25(35)31(17(2)12-32(23)24(22)34)13-18-14-33(26(36)37-27(3,4)5)21-7-6-19(28)10-20(18)21/h6-11,14-15,17H,12-13H2,1-5H3. The molecule has 0 N–H and O–H groups in total. The van der Waals surface area contributed by atoms with Gasteiger partial charge in [0.05, 0.1) is 17.5 Å². The molecule has 0 radical (unpaired) electrons. The summed E-state index contributed by atoms with van der Waals surface area (Å²) in [7, 11) is 0. The number of amides is 1. The van der Waals surface area contributed by atoms with E-state index < -0.39 is 11.7 Å². The number of hydrogen-bond acceptors (Lipinski definition) is 5. The lowest BCUT2D eigenvalue weighted by Gasteiger charge is -2.35. The van der Waals surface area contributed by atoms with Gasteiger partial charge in [0.25, 0.3) is 11.5 Å². The molecule has 0 bridgehead atoms. The third-order valence-electron chi connectivity index (χ3n) is 6.38. The average molecular weight is 566 g/mol. The van der Waals surface area contributed by atoms with Gasteiger partial charge in [0, 0.05) is 41.4 Å². The van der Waals surface area contributed by atoms with E-state index in [1.807, 2.05) is 52.8 Å². The highest BCUT2D eigenvalue weighted by Crippen LogP contribution is 2.29. The van der Waals surface area contributed by atoms with Crippen molar-refractivity contribution in [1.29, 1.82) is 0 Å². The number of carbonyl (C=O) groups excluding carboxylic acids is 2. The van der Waals surface area contributed by atoms with Gasteiger partial charge in [-0.2, -0.15) is 0 Å². The molecule has 37 heavy (non-hydrogen) atoms. The topological polar surface area (TPSA) is 91.4 Å². The van der Waals surface area contributed by atoms with Gasteiger partial charge in [-0.3, -0.25) is 14.2 Å². The summed E-state index contributed by atoms with van der Waals surface area (Å²) in [5.41, 5.74) is 2.20. The Morgan fingerprint density at radius 2 is 1.92 bits per heavy atom. The Hall–Kier alpha value is -3.66. The highest BCUT2D eigenvalue weighted by atomic mass is 79.9. The molecule has 1 unspecified atom stereocenters. The predicted molar refractivity (Wildman–Crippen MR) is 143 cm³/mol. The lowest BCUT2D eigenvalue weighted by atomic mass is 10.1. The van der Waals surface area contributed by atoms with Gasteiger partial charge in [-0.1, -0.05) is 15.9 Å². The van der Waals surface area contributed by atoms with Crippen molar-refractivity contribution in [2.75, 3.05) is 0 Å². The minimum atomic E-state index is -0.647. The van der Waals surface area contributed by atoms with E-state index in [0.717, 1.165) is 21.1 Å². The second-order valence-corrected chi connectivity index (χ2v) is 11.3. The summed E-state index contributed by atoms with van der Waals surface area (Å²) in [6, 6.07) is 8.75. The van der Waals surface area contributed by atoms with Gasteiger partial charge in [-0.25, -0.2) is 9.78 Å². The van der Waals surface area contributed by atoms with Gasteiger partial charge < -0.3 is 18.8 Å². The Morgan fingerprint density at radius 1 is 1.16 bits per heavy atom. The lowest BCUT2D eigenvalue weighted by Crippen LogP contribution is -2.49. The van der Waals surface area contributed by atoms with Crippen LogP contribution in [0.2, 0.25) is 0 Å². The minimum Gasteiger partial charge on any atom is -0.443 e. The van der Waals surface area contributed by atoms with Crippen LogP contribution in [0.1, 0.15) is 49.4 Å². The number of halogens is 1. The molecule has 0 fully saturated rings. The second-order valence-electron chi connectivity index (χ2n) is 10.4. The van der Waals surface area contributed by atoms with E-state index in [9.17, 15) is 14.4 Å². The van der Waals surface area contributed by atoms with Crippen LogP contribution in [0.25, 0.3) is 16.6 Å². The van der Waals surface area contributed by atoms with Crippen LogP contribution in [-0.4, -0.2) is 47.2 Å². The van der Waals surface area contributed by atoms with Crippen molar-refractivity contribution in [3.63, 3.8) is 0 Å². The lowest BCUT2D eigenvalue weighted by molar-refractivity contribution is 0.0544. The Balaban J connectivity index is 1.51. The smallest absolute Gasteiger partial charge is 0.419 e. The fourth-order valence-electron chi connectivity index (χ4n) is 4.66. The van der Waals surface area contributed by atoms with Crippen molar-refractivity contribution in [2.24, 2.45) is 0 Å². The second kappa shape index (κ2) is 9.02. The van der Waals surface area contributed by atoms with E-state index in [4.69, 9.17) is 4.74 Å². The summed E-state index contributed by atoms with van der Waals surface area (Å²) < 4.78 is 11.2. The van der Waals surface area contributed by atoms with Gasteiger partial charge in [0.15, 0.2) is 0 Å². The number of fused-ring (bicyclic) bond motifs is 2. The fraction of sp³-hybridized carbons (Fsp3) is 0.333. The molecule has 0 saturated carbocycles. The van der Waals surface area contributed by atoms with Crippen LogP contribution in [0.3, 0.4) is 0 Å². The Kier molecular flexibility index (Phi) is 6.10. The largest absolute Gasteiger partial charge is 0.443 e. The van der Waals surface area contributed by atoms with Crippen molar-refractivity contribution in [2.45, 2.75) is 59.4 Å². The van der Waals surface area contributed by atoms with Gasteiger partial charge in [-0.05, 0) is 70.5 Å². The SMILES string of the molecule is Cc1cn(-c2ccc3n(c2=O)CC(C)N(Cc2cn(C(=O)OC(C)(C)C)c4ccc(Br)cc24)C3=O)cn1. The molecule has 3 aromatic heterocycles. The van der Waals surface area contributed by atoms with E-state index in [0.29, 0.717) is 23.4 Å². The maximum absolute atomic E-state index is 13.6. The maximum atomic E-state index is 13.6. The number of benzene rings is 1. The van der Waals surface area contributed by atoms with Crippen LogP contribution in [0, 0.1) is 6.92 Å². The Morgan fingerprint density at radius 3 is 2.59 bits per heavy atom. The van der Waals surface area contributed by atoms with Crippen LogP contribution in [0.15, 0.2) is 58.3 Å². The first-order valence-corrected chi connectivity index (χ1v) is 12.8. The van der Waals surface area contributed by atoms with Crippen molar-refractivity contribution < 1.29 is 14.3 Å². The minimum absolute atomic E-state index is 0.236. The van der Waals surface area contributed by atoms with Gasteiger partial charge in [0.1, 0.15) is 17.0 Å².